The number of aromatic nitrogens is 2. The first-order valence-corrected chi connectivity index (χ1v) is 7.03. The third kappa shape index (κ3) is 2.97. The normalized spacial score (nSPS) is 12.2. The van der Waals surface area contributed by atoms with Crippen LogP contribution in [-0.2, 0) is 6.42 Å². The number of aliphatic imine (C=N–C) groups is 1. The fourth-order valence-corrected chi connectivity index (χ4v) is 2.38. The Morgan fingerprint density at radius 3 is 2.76 bits per heavy atom. The molecule has 2 aromatic rings. The van der Waals surface area contributed by atoms with Gasteiger partial charge >= 0.3 is 0 Å². The van der Waals surface area contributed by atoms with E-state index in [1.807, 2.05) is 18.3 Å². The molecule has 0 aliphatic carbocycles. The van der Waals surface area contributed by atoms with E-state index in [4.69, 9.17) is 0 Å². The Labute approximate surface area is 124 Å². The lowest BCUT2D eigenvalue weighted by Gasteiger charge is -2.09. The maximum atomic E-state index is 4.38. The van der Waals surface area contributed by atoms with Crippen LogP contribution < -0.4 is 0 Å². The molecule has 0 amide bonds. The van der Waals surface area contributed by atoms with Crippen LogP contribution in [0.1, 0.15) is 29.7 Å². The van der Waals surface area contributed by atoms with Crippen LogP contribution in [0, 0.1) is 0 Å². The number of hydrogen-bond acceptors (Lipinski definition) is 3. The molecule has 104 valence electrons. The lowest BCUT2D eigenvalue weighted by atomic mass is 9.97. The van der Waals surface area contributed by atoms with Gasteiger partial charge in [-0.05, 0) is 53.3 Å². The lowest BCUT2D eigenvalue weighted by molar-refractivity contribution is 0.984. The molecule has 0 fully saturated rings. The van der Waals surface area contributed by atoms with Gasteiger partial charge in [-0.3, -0.25) is 4.99 Å². The van der Waals surface area contributed by atoms with E-state index in [2.05, 4.69) is 46.5 Å². The molecule has 21 heavy (non-hydrogen) atoms. The van der Waals surface area contributed by atoms with Gasteiger partial charge in [0.15, 0.2) is 0 Å². The molecule has 3 nitrogen and oxygen atoms in total. The minimum absolute atomic E-state index is 0.831. The Hall–Kier alpha value is -2.55. The third-order valence-electron chi connectivity index (χ3n) is 3.70. The Balaban J connectivity index is 1.64. The molecule has 3 rings (SSSR count). The molecule has 1 aromatic heterocycles. The first-order chi connectivity index (χ1) is 10.2. The Morgan fingerprint density at radius 2 is 1.95 bits per heavy atom. The van der Waals surface area contributed by atoms with Crippen molar-refractivity contribution in [3.8, 4) is 0 Å². The van der Waals surface area contributed by atoms with Crippen molar-refractivity contribution in [3.05, 3.63) is 66.5 Å². The predicted molar refractivity (Wildman–Crippen MR) is 87.6 cm³/mol. The van der Waals surface area contributed by atoms with Gasteiger partial charge in [-0.25, -0.2) is 0 Å². The van der Waals surface area contributed by atoms with Crippen LogP contribution in [0.15, 0.2) is 54.7 Å². The molecular weight excluding hydrogens is 258 g/mol. The van der Waals surface area contributed by atoms with Gasteiger partial charge in [0.1, 0.15) is 0 Å². The van der Waals surface area contributed by atoms with Crippen LogP contribution >= 0.6 is 0 Å². The van der Waals surface area contributed by atoms with Crippen LogP contribution in [0.25, 0.3) is 11.1 Å². The Kier molecular flexibility index (Phi) is 3.73. The van der Waals surface area contributed by atoms with Gasteiger partial charge in [0.05, 0.1) is 11.4 Å². The highest BCUT2D eigenvalue weighted by Crippen LogP contribution is 2.30. The zero-order valence-corrected chi connectivity index (χ0v) is 11.9. The van der Waals surface area contributed by atoms with Crippen LogP contribution in [0.2, 0.25) is 0 Å². The van der Waals surface area contributed by atoms with Gasteiger partial charge in [-0.15, -0.1) is 0 Å². The number of hydrogen-bond donors (Lipinski definition) is 0. The van der Waals surface area contributed by atoms with E-state index in [1.54, 1.807) is 6.20 Å². The summed E-state index contributed by atoms with van der Waals surface area (Å²) in [6.07, 6.45) is 6.25. The second-order valence-corrected chi connectivity index (χ2v) is 5.18. The fraction of sp³-hybridized carbons (Fsp3) is 0.167. The van der Waals surface area contributed by atoms with Crippen molar-refractivity contribution in [1.29, 1.82) is 0 Å². The van der Waals surface area contributed by atoms with Gasteiger partial charge in [-0.1, -0.05) is 25.3 Å². The van der Waals surface area contributed by atoms with Crippen molar-refractivity contribution in [3.63, 3.8) is 0 Å². The summed E-state index contributed by atoms with van der Waals surface area (Å²) in [5.74, 6) is 0. The minimum atomic E-state index is 0.831. The highest BCUT2D eigenvalue weighted by molar-refractivity contribution is 5.78. The van der Waals surface area contributed by atoms with Gasteiger partial charge in [0.2, 0.25) is 0 Å². The van der Waals surface area contributed by atoms with E-state index in [9.17, 15) is 0 Å². The number of benzene rings is 1. The van der Waals surface area contributed by atoms with E-state index in [0.717, 1.165) is 47.4 Å². The number of nitrogens with zero attached hydrogens (tertiary/aromatic N) is 3. The molecule has 1 aliphatic rings. The smallest absolute Gasteiger partial charge is 0.0883 e. The van der Waals surface area contributed by atoms with E-state index in [1.165, 1.54) is 5.56 Å². The average molecular weight is 275 g/mol. The Morgan fingerprint density at radius 1 is 1.10 bits per heavy atom. The average Bonchev–Trinajstić information content (AvgIpc) is 3.00. The number of allylic oxidation sites excluding steroid dienone is 2. The summed E-state index contributed by atoms with van der Waals surface area (Å²) in [6, 6.07) is 10.2. The summed E-state index contributed by atoms with van der Waals surface area (Å²) in [4.78, 5) is 4.38. The predicted octanol–water partition coefficient (Wildman–Crippen LogP) is 4.24. The van der Waals surface area contributed by atoms with E-state index in [-0.39, 0.29) is 0 Å². The second kappa shape index (κ2) is 5.83. The Bertz CT molecular complexity index is 714. The second-order valence-electron chi connectivity index (χ2n) is 5.18. The zero-order chi connectivity index (χ0) is 14.7. The largest absolute Gasteiger partial charge is 0.261 e. The molecule has 0 spiro atoms. The van der Waals surface area contributed by atoms with E-state index < -0.39 is 0 Å². The molecule has 1 aliphatic heterocycles. The van der Waals surface area contributed by atoms with Crippen molar-refractivity contribution in [1.82, 2.24) is 10.2 Å². The van der Waals surface area contributed by atoms with Crippen LogP contribution in [0.4, 0.5) is 5.69 Å². The maximum Gasteiger partial charge on any atom is 0.0883 e. The first kappa shape index (κ1) is 13.4. The highest BCUT2D eigenvalue weighted by Gasteiger charge is 2.09. The van der Waals surface area contributed by atoms with Gasteiger partial charge in [-0.2, -0.15) is 10.2 Å². The van der Waals surface area contributed by atoms with E-state index in [0.29, 0.717) is 0 Å². The molecule has 2 heterocycles. The topological polar surface area (TPSA) is 38.1 Å². The summed E-state index contributed by atoms with van der Waals surface area (Å²) < 4.78 is 0. The van der Waals surface area contributed by atoms with Gasteiger partial charge in [0, 0.05) is 18.8 Å². The molecule has 0 N–H and O–H groups in total. The monoisotopic (exact) mass is 275 g/mol. The third-order valence-corrected chi connectivity index (χ3v) is 3.70. The molecular formula is C18H17N3. The molecule has 0 radical (unpaired) electrons. The summed E-state index contributed by atoms with van der Waals surface area (Å²) in [5.41, 5.74) is 6.45. The van der Waals surface area contributed by atoms with Crippen LogP contribution in [-0.4, -0.2) is 16.4 Å². The zero-order valence-electron chi connectivity index (χ0n) is 11.9. The minimum Gasteiger partial charge on any atom is -0.261 e. The molecule has 0 unspecified atom stereocenters. The summed E-state index contributed by atoms with van der Waals surface area (Å²) in [6.45, 7) is 8.27. The highest BCUT2D eigenvalue weighted by atomic mass is 15.1. The molecule has 0 bridgehead atoms. The molecule has 3 heteroatoms. The standard InChI is InChI=1S/C18H17N3/c1-13(5-6-14(2)17-4-3-10-20-21-17)16-8-7-15-9-11-19-18(15)12-16/h3-4,7-8,10-12H,1-2,5-6,9H2. The lowest BCUT2D eigenvalue weighted by Crippen LogP contribution is -1.91. The van der Waals surface area contributed by atoms with Gasteiger partial charge in [0.25, 0.3) is 0 Å². The fourth-order valence-electron chi connectivity index (χ4n) is 2.38. The van der Waals surface area contributed by atoms with Crippen molar-refractivity contribution in [2.75, 3.05) is 0 Å². The van der Waals surface area contributed by atoms with Gasteiger partial charge < -0.3 is 0 Å². The van der Waals surface area contributed by atoms with E-state index >= 15 is 0 Å². The summed E-state index contributed by atoms with van der Waals surface area (Å²) in [5, 5.41) is 7.96. The van der Waals surface area contributed by atoms with Crippen molar-refractivity contribution < 1.29 is 0 Å². The maximum absolute atomic E-state index is 4.38. The molecule has 0 saturated heterocycles. The SMILES string of the molecule is C=C(CCC(=C)c1cccnn1)c1ccc2c(c1)N=CC2. The molecule has 0 saturated carbocycles. The molecule has 0 atom stereocenters. The van der Waals surface area contributed by atoms with Crippen LogP contribution in [0.5, 0.6) is 0 Å². The quantitative estimate of drug-likeness (QED) is 0.818. The molecule has 1 aromatic carbocycles. The first-order valence-electron chi connectivity index (χ1n) is 7.03. The van der Waals surface area contributed by atoms with Crippen LogP contribution in [0.3, 0.4) is 0 Å². The van der Waals surface area contributed by atoms with Crippen molar-refractivity contribution in [2.45, 2.75) is 19.3 Å². The number of rotatable bonds is 5. The summed E-state index contributed by atoms with van der Waals surface area (Å²) in [7, 11) is 0. The summed E-state index contributed by atoms with van der Waals surface area (Å²) >= 11 is 0. The number of fused-ring (bicyclic) bond motifs is 1. The van der Waals surface area contributed by atoms with Crippen molar-refractivity contribution >= 4 is 23.0 Å². The van der Waals surface area contributed by atoms with Crippen molar-refractivity contribution in [2.24, 2.45) is 4.99 Å².